The molecular formula is C23H39IN4OS. The average Bonchev–Trinajstić information content (AvgIpc) is 2.76. The van der Waals surface area contributed by atoms with Crippen molar-refractivity contribution in [1.82, 2.24) is 15.5 Å². The van der Waals surface area contributed by atoms with Crippen LogP contribution in [-0.4, -0.2) is 60.1 Å². The molecule has 170 valence electrons. The third-order valence-electron chi connectivity index (χ3n) is 6.19. The van der Waals surface area contributed by atoms with Gasteiger partial charge < -0.3 is 15.5 Å². The minimum atomic E-state index is -0.857. The van der Waals surface area contributed by atoms with Gasteiger partial charge in [-0.3, -0.25) is 9.20 Å². The number of aliphatic imine (C=N–C) groups is 1. The van der Waals surface area contributed by atoms with E-state index in [1.165, 1.54) is 64.6 Å². The van der Waals surface area contributed by atoms with E-state index in [-0.39, 0.29) is 24.0 Å². The molecule has 1 aromatic rings. The van der Waals surface area contributed by atoms with Gasteiger partial charge in [0.2, 0.25) is 0 Å². The van der Waals surface area contributed by atoms with Gasteiger partial charge in [0.1, 0.15) is 0 Å². The Hall–Kier alpha value is -0.670. The highest BCUT2D eigenvalue weighted by Gasteiger charge is 2.23. The fourth-order valence-corrected chi connectivity index (χ4v) is 5.54. The molecular weight excluding hydrogens is 507 g/mol. The Bertz CT molecular complexity index is 644. The van der Waals surface area contributed by atoms with E-state index in [4.69, 9.17) is 0 Å². The SMILES string of the molecule is CN=C(NCCS(=O)Cc1ccccc1)NC1CCN(CC2CCCCC2)CC1.I. The van der Waals surface area contributed by atoms with Gasteiger partial charge in [0.15, 0.2) is 5.96 Å². The Balaban J connectivity index is 0.00000320. The highest BCUT2D eigenvalue weighted by Crippen LogP contribution is 2.25. The van der Waals surface area contributed by atoms with Crippen molar-refractivity contribution in [2.24, 2.45) is 10.9 Å². The largest absolute Gasteiger partial charge is 0.355 e. The van der Waals surface area contributed by atoms with Crippen LogP contribution in [0.15, 0.2) is 35.3 Å². The quantitative estimate of drug-likeness (QED) is 0.296. The number of likely N-dealkylation sites (tertiary alicyclic amines) is 1. The van der Waals surface area contributed by atoms with Crippen molar-refractivity contribution < 1.29 is 4.21 Å². The molecule has 1 heterocycles. The summed E-state index contributed by atoms with van der Waals surface area (Å²) in [5, 5.41) is 6.91. The number of nitrogens with one attached hydrogen (secondary N) is 2. The summed E-state index contributed by atoms with van der Waals surface area (Å²) in [7, 11) is 0.957. The first kappa shape index (κ1) is 25.6. The minimum absolute atomic E-state index is 0. The van der Waals surface area contributed by atoms with Crippen molar-refractivity contribution in [3.63, 3.8) is 0 Å². The van der Waals surface area contributed by atoms with Crippen molar-refractivity contribution in [2.45, 2.75) is 56.7 Å². The lowest BCUT2D eigenvalue weighted by Gasteiger charge is -2.36. The first-order valence-electron chi connectivity index (χ1n) is 11.3. The summed E-state index contributed by atoms with van der Waals surface area (Å²) in [6.07, 6.45) is 9.51. The van der Waals surface area contributed by atoms with Gasteiger partial charge in [-0.25, -0.2) is 0 Å². The van der Waals surface area contributed by atoms with Crippen molar-refractivity contribution in [3.05, 3.63) is 35.9 Å². The summed E-state index contributed by atoms with van der Waals surface area (Å²) in [6.45, 7) is 4.35. The van der Waals surface area contributed by atoms with E-state index in [0.29, 0.717) is 24.1 Å². The second kappa shape index (κ2) is 14.4. The second-order valence-corrected chi connectivity index (χ2v) is 10.1. The summed E-state index contributed by atoms with van der Waals surface area (Å²) in [4.78, 5) is 7.02. The molecule has 0 spiro atoms. The summed E-state index contributed by atoms with van der Waals surface area (Å²) >= 11 is 0. The van der Waals surface area contributed by atoms with Crippen molar-refractivity contribution >= 4 is 40.7 Å². The standard InChI is InChI=1S/C23H38N4OS.HI/c1-24-23(25-14-17-29(28)19-21-10-6-3-7-11-21)26-22-12-15-27(16-13-22)18-20-8-4-2-5-9-20;/h3,6-7,10-11,20,22H,2,4-5,8-9,12-19H2,1H3,(H2,24,25,26);1H. The second-order valence-electron chi connectivity index (χ2n) is 8.50. The van der Waals surface area contributed by atoms with Crippen LogP contribution < -0.4 is 10.6 Å². The van der Waals surface area contributed by atoms with Crippen molar-refractivity contribution in [2.75, 3.05) is 39.0 Å². The number of guanidine groups is 1. The van der Waals surface area contributed by atoms with Crippen LogP contribution in [0.3, 0.4) is 0 Å². The molecule has 2 fully saturated rings. The Morgan fingerprint density at radius 2 is 1.80 bits per heavy atom. The van der Waals surface area contributed by atoms with E-state index in [1.807, 2.05) is 37.4 Å². The maximum Gasteiger partial charge on any atom is 0.191 e. The van der Waals surface area contributed by atoms with Crippen molar-refractivity contribution in [3.8, 4) is 0 Å². The van der Waals surface area contributed by atoms with Crippen LogP contribution in [0.2, 0.25) is 0 Å². The van der Waals surface area contributed by atoms with E-state index < -0.39 is 10.8 Å². The predicted molar refractivity (Wildman–Crippen MR) is 139 cm³/mol. The van der Waals surface area contributed by atoms with Gasteiger partial charge >= 0.3 is 0 Å². The molecule has 0 bridgehead atoms. The zero-order valence-corrected chi connectivity index (χ0v) is 21.5. The van der Waals surface area contributed by atoms with Crippen LogP contribution in [-0.2, 0) is 16.6 Å². The maximum absolute atomic E-state index is 12.3. The summed E-state index contributed by atoms with van der Waals surface area (Å²) in [5.74, 6) is 3.02. The minimum Gasteiger partial charge on any atom is -0.355 e. The Morgan fingerprint density at radius 3 is 2.47 bits per heavy atom. The molecule has 30 heavy (non-hydrogen) atoms. The molecule has 1 atom stereocenters. The van der Waals surface area contributed by atoms with Gasteiger partial charge in [-0.05, 0) is 37.2 Å². The zero-order chi connectivity index (χ0) is 20.3. The van der Waals surface area contributed by atoms with Gasteiger partial charge in [0, 0.05) is 61.6 Å². The Kier molecular flexibility index (Phi) is 12.3. The average molecular weight is 547 g/mol. The molecule has 0 aromatic heterocycles. The highest BCUT2D eigenvalue weighted by atomic mass is 127. The molecule has 1 aliphatic carbocycles. The third kappa shape index (κ3) is 9.22. The lowest BCUT2D eigenvalue weighted by molar-refractivity contribution is 0.160. The van der Waals surface area contributed by atoms with Crippen LogP contribution in [0.1, 0.15) is 50.5 Å². The number of piperidine rings is 1. The molecule has 7 heteroatoms. The molecule has 0 amide bonds. The third-order valence-corrected chi connectivity index (χ3v) is 7.50. The van der Waals surface area contributed by atoms with Crippen LogP contribution >= 0.6 is 24.0 Å². The topological polar surface area (TPSA) is 56.7 Å². The van der Waals surface area contributed by atoms with Gasteiger partial charge in [0.05, 0.1) is 0 Å². The van der Waals surface area contributed by atoms with Crippen LogP contribution in [0, 0.1) is 5.92 Å². The molecule has 1 saturated heterocycles. The van der Waals surface area contributed by atoms with E-state index >= 15 is 0 Å². The van der Waals surface area contributed by atoms with Gasteiger partial charge in [0.25, 0.3) is 0 Å². The molecule has 0 radical (unpaired) electrons. The predicted octanol–water partition coefficient (Wildman–Crippen LogP) is 3.76. The fourth-order valence-electron chi connectivity index (χ4n) is 4.50. The van der Waals surface area contributed by atoms with E-state index in [2.05, 4.69) is 20.5 Å². The molecule has 1 aliphatic heterocycles. The van der Waals surface area contributed by atoms with E-state index in [9.17, 15) is 4.21 Å². The monoisotopic (exact) mass is 546 g/mol. The Labute approximate surface area is 202 Å². The summed E-state index contributed by atoms with van der Waals surface area (Å²) in [5.41, 5.74) is 1.13. The number of rotatable bonds is 8. The lowest BCUT2D eigenvalue weighted by atomic mass is 9.88. The van der Waals surface area contributed by atoms with Gasteiger partial charge in [-0.2, -0.15) is 0 Å². The summed E-state index contributed by atoms with van der Waals surface area (Å²) in [6, 6.07) is 10.5. The first-order chi connectivity index (χ1) is 14.2. The molecule has 1 unspecified atom stereocenters. The summed E-state index contributed by atoms with van der Waals surface area (Å²) < 4.78 is 12.3. The van der Waals surface area contributed by atoms with Crippen LogP contribution in [0.5, 0.6) is 0 Å². The van der Waals surface area contributed by atoms with Gasteiger partial charge in [-0.15, -0.1) is 24.0 Å². The van der Waals surface area contributed by atoms with E-state index in [0.717, 1.165) is 17.4 Å². The number of halogens is 1. The smallest absolute Gasteiger partial charge is 0.191 e. The first-order valence-corrected chi connectivity index (χ1v) is 12.8. The lowest BCUT2D eigenvalue weighted by Crippen LogP contribution is -2.49. The number of benzene rings is 1. The molecule has 2 aliphatic rings. The molecule has 1 aromatic carbocycles. The maximum atomic E-state index is 12.3. The van der Waals surface area contributed by atoms with E-state index in [1.54, 1.807) is 0 Å². The number of hydrogen-bond donors (Lipinski definition) is 2. The zero-order valence-electron chi connectivity index (χ0n) is 18.4. The Morgan fingerprint density at radius 1 is 1.10 bits per heavy atom. The van der Waals surface area contributed by atoms with Gasteiger partial charge in [-0.1, -0.05) is 49.6 Å². The number of nitrogens with zero attached hydrogens (tertiary/aromatic N) is 2. The molecule has 5 nitrogen and oxygen atoms in total. The number of hydrogen-bond acceptors (Lipinski definition) is 3. The van der Waals surface area contributed by atoms with Crippen LogP contribution in [0.25, 0.3) is 0 Å². The normalized spacial score (nSPS) is 20.4. The highest BCUT2D eigenvalue weighted by molar-refractivity contribution is 14.0. The fraction of sp³-hybridized carbons (Fsp3) is 0.696. The molecule has 3 rings (SSSR count). The molecule has 2 N–H and O–H groups in total. The molecule has 1 saturated carbocycles. The van der Waals surface area contributed by atoms with Crippen molar-refractivity contribution in [1.29, 1.82) is 0 Å². The van der Waals surface area contributed by atoms with Crippen LogP contribution in [0.4, 0.5) is 0 Å².